The van der Waals surface area contributed by atoms with Crippen LogP contribution in [0.15, 0.2) is 59.4 Å². The number of benzene rings is 2. The maximum Gasteiger partial charge on any atom is 0.248 e. The number of nitrogens with zero attached hydrogens (tertiary/aromatic N) is 3. The topological polar surface area (TPSA) is 61.5 Å². The average Bonchev–Trinajstić information content (AvgIpc) is 3.18. The van der Waals surface area contributed by atoms with Crippen molar-refractivity contribution in [3.63, 3.8) is 0 Å². The van der Waals surface area contributed by atoms with E-state index in [1.165, 1.54) is 10.8 Å². The Balaban J connectivity index is 1.14. The molecule has 7 heteroatoms. The van der Waals surface area contributed by atoms with Crippen molar-refractivity contribution in [2.24, 2.45) is 0 Å². The van der Waals surface area contributed by atoms with E-state index < -0.39 is 0 Å². The van der Waals surface area contributed by atoms with Gasteiger partial charge in [0.05, 0.1) is 15.7 Å². The van der Waals surface area contributed by atoms with Gasteiger partial charge in [-0.1, -0.05) is 23.5 Å². The van der Waals surface area contributed by atoms with Gasteiger partial charge in [0.1, 0.15) is 12.4 Å². The Morgan fingerprint density at radius 3 is 2.72 bits per heavy atom. The average molecular weight is 407 g/mol. The van der Waals surface area contributed by atoms with Crippen molar-refractivity contribution < 1.29 is 4.74 Å². The van der Waals surface area contributed by atoms with E-state index in [-0.39, 0.29) is 5.56 Å². The van der Waals surface area contributed by atoms with Crippen molar-refractivity contribution in [2.75, 3.05) is 44.2 Å². The number of anilines is 1. The third kappa shape index (κ3) is 3.97. The van der Waals surface area contributed by atoms with Gasteiger partial charge >= 0.3 is 0 Å². The van der Waals surface area contributed by atoms with E-state index in [1.807, 2.05) is 30.3 Å². The van der Waals surface area contributed by atoms with Gasteiger partial charge in [-0.15, -0.1) is 0 Å². The van der Waals surface area contributed by atoms with E-state index >= 15 is 0 Å². The first-order valence-electron chi connectivity index (χ1n) is 9.83. The van der Waals surface area contributed by atoms with Crippen LogP contribution in [-0.4, -0.2) is 54.2 Å². The summed E-state index contributed by atoms with van der Waals surface area (Å²) in [5.41, 5.74) is 1.79. The minimum atomic E-state index is -0.0966. The molecular formula is C22H22N4O2S. The summed E-state index contributed by atoms with van der Waals surface area (Å²) in [7, 11) is 0. The van der Waals surface area contributed by atoms with E-state index in [0.717, 1.165) is 60.0 Å². The predicted molar refractivity (Wildman–Crippen MR) is 118 cm³/mol. The van der Waals surface area contributed by atoms with Crippen molar-refractivity contribution in [1.82, 2.24) is 14.9 Å². The van der Waals surface area contributed by atoms with Crippen LogP contribution in [0.4, 0.5) is 5.13 Å². The fraction of sp³-hybridized carbons (Fsp3) is 0.273. The van der Waals surface area contributed by atoms with Crippen LogP contribution >= 0.6 is 11.3 Å². The molecule has 3 heterocycles. The molecule has 0 aliphatic carbocycles. The molecule has 1 aliphatic rings. The Hall–Kier alpha value is -2.90. The lowest BCUT2D eigenvalue weighted by Crippen LogP contribution is -2.47. The lowest BCUT2D eigenvalue weighted by molar-refractivity contribution is 0.200. The maximum absolute atomic E-state index is 11.5. The van der Waals surface area contributed by atoms with E-state index in [9.17, 15) is 4.79 Å². The summed E-state index contributed by atoms with van der Waals surface area (Å²) >= 11 is 1.77. The standard InChI is InChI=1S/C22H22N4O2S/c27-21-8-6-16-5-7-17(15-19(16)23-21)28-14-13-25-9-11-26(12-10-25)22-24-18-3-1-2-4-20(18)29-22/h1-8,15H,9-14H2,(H,23,27). The second-order valence-corrected chi connectivity index (χ2v) is 8.22. The van der Waals surface area contributed by atoms with Crippen molar-refractivity contribution >= 4 is 37.6 Å². The molecule has 1 aliphatic heterocycles. The maximum atomic E-state index is 11.5. The summed E-state index contributed by atoms with van der Waals surface area (Å²) in [6.45, 7) is 5.49. The van der Waals surface area contributed by atoms with Gasteiger partial charge in [-0.2, -0.15) is 0 Å². The van der Waals surface area contributed by atoms with Crippen LogP contribution in [0.3, 0.4) is 0 Å². The molecule has 5 rings (SSSR count). The highest BCUT2D eigenvalue weighted by atomic mass is 32.1. The van der Waals surface area contributed by atoms with E-state index in [2.05, 4.69) is 33.0 Å². The van der Waals surface area contributed by atoms with Crippen LogP contribution in [0.25, 0.3) is 21.1 Å². The zero-order valence-corrected chi connectivity index (χ0v) is 16.8. The Kier molecular flexibility index (Phi) is 4.91. The molecule has 148 valence electrons. The largest absolute Gasteiger partial charge is 0.492 e. The summed E-state index contributed by atoms with van der Waals surface area (Å²) in [4.78, 5) is 23.9. The first-order valence-corrected chi connectivity index (χ1v) is 10.6. The van der Waals surface area contributed by atoms with Crippen LogP contribution < -0.4 is 15.2 Å². The number of hydrogen-bond acceptors (Lipinski definition) is 6. The van der Waals surface area contributed by atoms with E-state index in [0.29, 0.717) is 6.61 Å². The lowest BCUT2D eigenvalue weighted by atomic mass is 10.2. The second kappa shape index (κ2) is 7.85. The van der Waals surface area contributed by atoms with Crippen LogP contribution in [0.1, 0.15) is 0 Å². The Morgan fingerprint density at radius 2 is 1.86 bits per heavy atom. The number of aromatic nitrogens is 2. The normalized spacial score (nSPS) is 15.2. The summed E-state index contributed by atoms with van der Waals surface area (Å²) < 4.78 is 7.17. The first-order chi connectivity index (χ1) is 14.2. The molecule has 4 aromatic rings. The van der Waals surface area contributed by atoms with Crippen LogP contribution in [-0.2, 0) is 0 Å². The molecule has 1 fully saturated rings. The lowest BCUT2D eigenvalue weighted by Gasteiger charge is -2.34. The fourth-order valence-corrected chi connectivity index (χ4v) is 4.69. The predicted octanol–water partition coefficient (Wildman–Crippen LogP) is 3.34. The second-order valence-electron chi connectivity index (χ2n) is 7.21. The quantitative estimate of drug-likeness (QED) is 0.551. The Morgan fingerprint density at radius 1 is 1.03 bits per heavy atom. The molecule has 0 bridgehead atoms. The van der Waals surface area contributed by atoms with Gasteiger partial charge in [-0.3, -0.25) is 9.69 Å². The highest BCUT2D eigenvalue weighted by Crippen LogP contribution is 2.29. The molecule has 1 N–H and O–H groups in total. The summed E-state index contributed by atoms with van der Waals surface area (Å²) in [6, 6.07) is 17.5. The molecule has 1 saturated heterocycles. The van der Waals surface area contributed by atoms with Gasteiger partial charge < -0.3 is 14.6 Å². The molecule has 2 aromatic heterocycles. The number of nitrogens with one attached hydrogen (secondary N) is 1. The number of fused-ring (bicyclic) bond motifs is 2. The van der Waals surface area contributed by atoms with Crippen LogP contribution in [0.5, 0.6) is 5.75 Å². The summed E-state index contributed by atoms with van der Waals surface area (Å²) in [6.07, 6.45) is 0. The third-order valence-electron chi connectivity index (χ3n) is 5.30. The van der Waals surface area contributed by atoms with Crippen molar-refractivity contribution in [3.8, 4) is 5.75 Å². The minimum absolute atomic E-state index is 0.0966. The third-order valence-corrected chi connectivity index (χ3v) is 6.40. The number of rotatable bonds is 5. The van der Waals surface area contributed by atoms with Crippen molar-refractivity contribution in [2.45, 2.75) is 0 Å². The number of para-hydroxylation sites is 1. The molecule has 0 radical (unpaired) electrons. The van der Waals surface area contributed by atoms with Gasteiger partial charge in [-0.25, -0.2) is 4.98 Å². The molecule has 0 saturated carbocycles. The molecule has 0 atom stereocenters. The monoisotopic (exact) mass is 406 g/mol. The summed E-state index contributed by atoms with van der Waals surface area (Å²) in [5.74, 6) is 0.785. The number of hydrogen-bond donors (Lipinski definition) is 1. The fourth-order valence-electron chi connectivity index (χ4n) is 3.67. The molecule has 0 unspecified atom stereocenters. The summed E-state index contributed by atoms with van der Waals surface area (Å²) in [5, 5.41) is 2.12. The number of aromatic amines is 1. The minimum Gasteiger partial charge on any atom is -0.492 e. The number of piperazine rings is 1. The van der Waals surface area contributed by atoms with Crippen molar-refractivity contribution in [3.05, 3.63) is 65.0 Å². The number of thiazole rings is 1. The van der Waals surface area contributed by atoms with Gasteiger partial charge in [0.25, 0.3) is 0 Å². The Bertz CT molecular complexity index is 1160. The highest BCUT2D eigenvalue weighted by molar-refractivity contribution is 7.22. The van der Waals surface area contributed by atoms with Crippen LogP contribution in [0.2, 0.25) is 0 Å². The van der Waals surface area contributed by atoms with Gasteiger partial charge in [-0.05, 0) is 35.7 Å². The molecule has 6 nitrogen and oxygen atoms in total. The highest BCUT2D eigenvalue weighted by Gasteiger charge is 2.19. The molecule has 0 amide bonds. The van der Waals surface area contributed by atoms with E-state index in [4.69, 9.17) is 9.72 Å². The van der Waals surface area contributed by atoms with Gasteiger partial charge in [0, 0.05) is 44.9 Å². The molecule has 2 aromatic carbocycles. The SMILES string of the molecule is O=c1ccc2ccc(OCCN3CCN(c4nc5ccccc5s4)CC3)cc2[nH]1. The molecule has 29 heavy (non-hydrogen) atoms. The van der Waals surface area contributed by atoms with E-state index in [1.54, 1.807) is 11.3 Å². The first kappa shape index (κ1) is 18.1. The van der Waals surface area contributed by atoms with Gasteiger partial charge in [0.2, 0.25) is 5.56 Å². The molecule has 0 spiro atoms. The zero-order valence-electron chi connectivity index (χ0n) is 16.0. The number of H-pyrrole nitrogens is 1. The van der Waals surface area contributed by atoms with Gasteiger partial charge in [0.15, 0.2) is 5.13 Å². The smallest absolute Gasteiger partial charge is 0.248 e. The number of pyridine rings is 1. The number of ether oxygens (including phenoxy) is 1. The molecular weight excluding hydrogens is 384 g/mol. The Labute approximate surface area is 172 Å². The van der Waals surface area contributed by atoms with Crippen molar-refractivity contribution in [1.29, 1.82) is 0 Å². The zero-order chi connectivity index (χ0) is 19.6. The van der Waals surface area contributed by atoms with Crippen LogP contribution in [0, 0.1) is 0 Å².